The van der Waals surface area contributed by atoms with Gasteiger partial charge in [0.05, 0.1) is 47.0 Å². The van der Waals surface area contributed by atoms with Gasteiger partial charge in [0.25, 0.3) is 0 Å². The predicted octanol–water partition coefficient (Wildman–Crippen LogP) is 5.45. The van der Waals surface area contributed by atoms with Gasteiger partial charge in [-0.25, -0.2) is 19.3 Å². The van der Waals surface area contributed by atoms with Crippen molar-refractivity contribution in [2.24, 2.45) is 5.41 Å². The number of aliphatic hydroxyl groups is 1. The topological polar surface area (TPSA) is 170 Å². The lowest BCUT2D eigenvalue weighted by molar-refractivity contribution is -0.133. The molecule has 4 aromatic heterocycles. The van der Waals surface area contributed by atoms with E-state index in [0.29, 0.717) is 54.9 Å². The van der Waals surface area contributed by atoms with Crippen molar-refractivity contribution in [1.82, 2.24) is 44.5 Å². The van der Waals surface area contributed by atoms with Crippen LogP contribution >= 0.6 is 0 Å². The van der Waals surface area contributed by atoms with E-state index in [1.807, 2.05) is 70.0 Å². The fraction of sp³-hybridized carbons (Fsp3) is 0.595. The summed E-state index contributed by atoms with van der Waals surface area (Å²) >= 11 is 0. The van der Waals surface area contributed by atoms with Crippen LogP contribution in [0.3, 0.4) is 0 Å². The average Bonchev–Trinajstić information content (AvgIpc) is 3.85. The number of nitriles is 1. The zero-order chi connectivity index (χ0) is 40.5. The third-order valence-electron chi connectivity index (χ3n) is 12.0. The molecule has 3 aliphatic rings. The van der Waals surface area contributed by atoms with E-state index < -0.39 is 11.2 Å². The van der Waals surface area contributed by atoms with Crippen molar-refractivity contribution in [3.05, 3.63) is 48.7 Å². The van der Waals surface area contributed by atoms with E-state index in [1.54, 1.807) is 21.8 Å². The Labute approximate surface area is 335 Å². The first kappa shape index (κ1) is 40.1. The molecule has 15 heteroatoms. The number of piperidine rings is 3. The van der Waals surface area contributed by atoms with Crippen LogP contribution in [0.2, 0.25) is 0 Å². The second-order valence-corrected chi connectivity index (χ2v) is 17.5. The molecule has 4 aromatic rings. The van der Waals surface area contributed by atoms with Gasteiger partial charge >= 0.3 is 6.09 Å². The van der Waals surface area contributed by atoms with Crippen LogP contribution in [-0.4, -0.2) is 119 Å². The molecule has 3 fully saturated rings. The summed E-state index contributed by atoms with van der Waals surface area (Å²) in [4.78, 5) is 41.8. The molecule has 3 aliphatic heterocycles. The van der Waals surface area contributed by atoms with Gasteiger partial charge in [0, 0.05) is 75.4 Å². The SMILES string of the molecule is CCC1(C(=O)NC(C)C)CCN(c2ccc(-c3nc(-c4cnn(C5CCN(CC6(O)CCN(C(=O)OC(C)(C)C)CC6)CC5)c4)cn4ncc(C#N)c34)cn2)CC1. The van der Waals surface area contributed by atoms with Crippen LogP contribution in [0.25, 0.3) is 28.0 Å². The summed E-state index contributed by atoms with van der Waals surface area (Å²) in [6.07, 6.45) is 13.9. The molecule has 2 amide bonds. The maximum atomic E-state index is 13.1. The number of fused-ring (bicyclic) bond motifs is 1. The summed E-state index contributed by atoms with van der Waals surface area (Å²) in [5.74, 6) is 0.990. The number of hydrogen-bond acceptors (Lipinski definition) is 11. The Morgan fingerprint density at radius 2 is 1.70 bits per heavy atom. The second kappa shape index (κ2) is 16.1. The number of amides is 2. The summed E-state index contributed by atoms with van der Waals surface area (Å²) in [5.41, 5.74) is 2.24. The number of nitrogens with zero attached hydrogens (tertiary/aromatic N) is 10. The number of rotatable bonds is 9. The first-order valence-electron chi connectivity index (χ1n) is 20.5. The molecule has 0 radical (unpaired) electrons. The zero-order valence-electron chi connectivity index (χ0n) is 34.2. The molecule has 0 saturated carbocycles. The average molecular weight is 780 g/mol. The highest BCUT2D eigenvalue weighted by molar-refractivity contribution is 5.84. The molecule has 2 N–H and O–H groups in total. The van der Waals surface area contributed by atoms with Gasteiger partial charge < -0.3 is 29.9 Å². The first-order valence-corrected chi connectivity index (χ1v) is 20.5. The van der Waals surface area contributed by atoms with Crippen molar-refractivity contribution >= 4 is 23.3 Å². The lowest BCUT2D eigenvalue weighted by Gasteiger charge is -2.42. The van der Waals surface area contributed by atoms with E-state index in [1.165, 1.54) is 0 Å². The van der Waals surface area contributed by atoms with Gasteiger partial charge in [0.2, 0.25) is 5.91 Å². The van der Waals surface area contributed by atoms with Gasteiger partial charge in [-0.2, -0.15) is 15.5 Å². The van der Waals surface area contributed by atoms with E-state index in [9.17, 15) is 20.0 Å². The summed E-state index contributed by atoms with van der Waals surface area (Å²) in [7, 11) is 0. The van der Waals surface area contributed by atoms with E-state index in [0.717, 1.165) is 75.2 Å². The number of β-amino-alcohol motifs (C(OH)–C–C–N with tert-alkyl or cyclic N) is 1. The molecule has 304 valence electrons. The van der Waals surface area contributed by atoms with E-state index >= 15 is 0 Å². The summed E-state index contributed by atoms with van der Waals surface area (Å²) in [6, 6.07) is 6.57. The second-order valence-electron chi connectivity index (χ2n) is 17.5. The molecule has 0 spiro atoms. The van der Waals surface area contributed by atoms with Crippen LogP contribution in [0.1, 0.15) is 98.1 Å². The van der Waals surface area contributed by atoms with Crippen LogP contribution in [0.4, 0.5) is 10.6 Å². The first-order chi connectivity index (χ1) is 27.2. The van der Waals surface area contributed by atoms with Gasteiger partial charge in [-0.3, -0.25) is 9.48 Å². The van der Waals surface area contributed by atoms with Crippen molar-refractivity contribution < 1.29 is 19.4 Å². The maximum Gasteiger partial charge on any atom is 0.410 e. The lowest BCUT2D eigenvalue weighted by atomic mass is 9.75. The van der Waals surface area contributed by atoms with Crippen molar-refractivity contribution in [1.29, 1.82) is 5.26 Å². The molecule has 0 unspecified atom stereocenters. The normalized spacial score (nSPS) is 19.1. The Morgan fingerprint density at radius 1 is 0.982 bits per heavy atom. The Kier molecular flexibility index (Phi) is 11.3. The minimum absolute atomic E-state index is 0.112. The number of anilines is 1. The Morgan fingerprint density at radius 3 is 2.32 bits per heavy atom. The third kappa shape index (κ3) is 8.77. The third-order valence-corrected chi connectivity index (χ3v) is 12.0. The fourth-order valence-corrected chi connectivity index (χ4v) is 8.49. The highest BCUT2D eigenvalue weighted by atomic mass is 16.6. The summed E-state index contributed by atoms with van der Waals surface area (Å²) in [6.45, 7) is 16.4. The van der Waals surface area contributed by atoms with E-state index in [4.69, 9.17) is 19.8 Å². The molecule has 7 heterocycles. The number of ether oxygens (including phenoxy) is 1. The van der Waals surface area contributed by atoms with Crippen molar-refractivity contribution in [3.63, 3.8) is 0 Å². The molecule has 0 aliphatic carbocycles. The molecule has 0 bridgehead atoms. The summed E-state index contributed by atoms with van der Waals surface area (Å²) < 4.78 is 9.25. The molecule has 57 heavy (non-hydrogen) atoms. The zero-order valence-corrected chi connectivity index (χ0v) is 34.2. The monoisotopic (exact) mass is 779 g/mol. The number of pyridine rings is 1. The largest absolute Gasteiger partial charge is 0.444 e. The molecule has 7 rings (SSSR count). The highest BCUT2D eigenvalue weighted by Gasteiger charge is 2.41. The predicted molar refractivity (Wildman–Crippen MR) is 216 cm³/mol. The highest BCUT2D eigenvalue weighted by Crippen LogP contribution is 2.37. The van der Waals surface area contributed by atoms with Crippen LogP contribution in [0.15, 0.2) is 43.1 Å². The van der Waals surface area contributed by atoms with Crippen LogP contribution in [0.5, 0.6) is 0 Å². The quantitative estimate of drug-likeness (QED) is 0.222. The van der Waals surface area contributed by atoms with Crippen molar-refractivity contribution in [3.8, 4) is 28.6 Å². The molecular formula is C42H57N11O4. The van der Waals surface area contributed by atoms with Gasteiger partial charge in [-0.05, 0) is 91.7 Å². The number of likely N-dealkylation sites (tertiary alicyclic amines) is 2. The van der Waals surface area contributed by atoms with Crippen LogP contribution in [-0.2, 0) is 9.53 Å². The van der Waals surface area contributed by atoms with Gasteiger partial charge in [0.15, 0.2) is 0 Å². The molecule has 0 aromatic carbocycles. The fourth-order valence-electron chi connectivity index (χ4n) is 8.49. The van der Waals surface area contributed by atoms with Crippen molar-refractivity contribution in [2.75, 3.05) is 50.7 Å². The molecular weight excluding hydrogens is 723 g/mol. The van der Waals surface area contributed by atoms with Gasteiger partial charge in [-0.1, -0.05) is 6.92 Å². The van der Waals surface area contributed by atoms with Crippen LogP contribution < -0.4 is 10.2 Å². The maximum absolute atomic E-state index is 13.1. The number of carbonyl (C=O) groups excluding carboxylic acids is 2. The van der Waals surface area contributed by atoms with E-state index in [-0.39, 0.29) is 29.5 Å². The van der Waals surface area contributed by atoms with Gasteiger partial charge in [-0.15, -0.1) is 0 Å². The number of hydrogen-bond donors (Lipinski definition) is 2. The molecule has 15 nitrogen and oxygen atoms in total. The Hall–Kier alpha value is -5.07. The Bertz CT molecular complexity index is 2090. The summed E-state index contributed by atoms with van der Waals surface area (Å²) in [5, 5.41) is 33.8. The number of nitrogens with one attached hydrogen (secondary N) is 1. The minimum Gasteiger partial charge on any atom is -0.444 e. The Balaban J connectivity index is 1.00. The van der Waals surface area contributed by atoms with Crippen LogP contribution in [0, 0.1) is 16.7 Å². The molecule has 3 saturated heterocycles. The number of carbonyl (C=O) groups is 2. The van der Waals surface area contributed by atoms with Crippen molar-refractivity contribution in [2.45, 2.75) is 110 Å². The molecule has 0 atom stereocenters. The van der Waals surface area contributed by atoms with Gasteiger partial charge in [0.1, 0.15) is 28.6 Å². The van der Waals surface area contributed by atoms with E-state index in [2.05, 4.69) is 33.2 Å². The minimum atomic E-state index is -0.832. The smallest absolute Gasteiger partial charge is 0.410 e. The number of aromatic nitrogens is 6. The standard InChI is InChI=1S/C42H57N11O4/c1-7-41(38(54)47-29(2)3)12-18-50(19-13-41)35-9-8-30(23-44-35)36-37-31(22-43)24-46-53(37)27-34(48-36)32-25-45-52(26-32)33-10-16-49(17-11-33)28-42(56)14-20-51(21-15-42)39(55)57-40(4,5)6/h8-9,23-27,29,33,56H,7,10-21,28H2,1-6H3,(H,47,54). The lowest BCUT2D eigenvalue weighted by Crippen LogP contribution is -2.53.